The number of hydrogen-bond donors (Lipinski definition) is 1. The van der Waals surface area contributed by atoms with Crippen LogP contribution in [0, 0.1) is 0 Å². The standard InChI is InChI=1S/C10H19NO3/c1-4-8-7-14-6-5-11(8)9(12)10(2,3)13/h8,13H,4-7H2,1-3H3. The van der Waals surface area contributed by atoms with Crippen molar-refractivity contribution >= 4 is 5.91 Å². The Hall–Kier alpha value is -0.610. The van der Waals surface area contributed by atoms with Gasteiger partial charge in [0, 0.05) is 6.54 Å². The monoisotopic (exact) mass is 201 g/mol. The molecule has 1 aliphatic heterocycles. The Morgan fingerprint density at radius 2 is 2.29 bits per heavy atom. The van der Waals surface area contributed by atoms with Crippen LogP contribution in [0.25, 0.3) is 0 Å². The van der Waals surface area contributed by atoms with Crippen LogP contribution in [0.5, 0.6) is 0 Å². The van der Waals surface area contributed by atoms with Crippen LogP contribution in [0.2, 0.25) is 0 Å². The molecule has 1 atom stereocenters. The van der Waals surface area contributed by atoms with Gasteiger partial charge in [0.1, 0.15) is 5.60 Å². The van der Waals surface area contributed by atoms with Gasteiger partial charge >= 0.3 is 0 Å². The van der Waals surface area contributed by atoms with E-state index in [1.165, 1.54) is 13.8 Å². The number of morpholine rings is 1. The maximum absolute atomic E-state index is 11.8. The van der Waals surface area contributed by atoms with Gasteiger partial charge in [0.2, 0.25) is 0 Å². The molecule has 1 aliphatic rings. The molecule has 1 amide bonds. The second-order valence-corrected chi connectivity index (χ2v) is 4.19. The number of carbonyl (C=O) groups is 1. The van der Waals surface area contributed by atoms with Gasteiger partial charge < -0.3 is 14.7 Å². The third kappa shape index (κ3) is 2.45. The number of hydrogen-bond acceptors (Lipinski definition) is 3. The number of carbonyl (C=O) groups excluding carboxylic acids is 1. The van der Waals surface area contributed by atoms with Crippen LogP contribution < -0.4 is 0 Å². The number of nitrogens with zero attached hydrogens (tertiary/aromatic N) is 1. The van der Waals surface area contributed by atoms with Crippen molar-refractivity contribution in [1.82, 2.24) is 4.90 Å². The van der Waals surface area contributed by atoms with Crippen LogP contribution in [0.4, 0.5) is 0 Å². The van der Waals surface area contributed by atoms with E-state index in [1.54, 1.807) is 4.90 Å². The van der Waals surface area contributed by atoms with E-state index in [0.717, 1.165) is 6.42 Å². The summed E-state index contributed by atoms with van der Waals surface area (Å²) in [7, 11) is 0. The lowest BCUT2D eigenvalue weighted by atomic mass is 10.1. The van der Waals surface area contributed by atoms with Crippen molar-refractivity contribution in [3.63, 3.8) is 0 Å². The molecule has 0 aliphatic carbocycles. The van der Waals surface area contributed by atoms with Crippen LogP contribution in [-0.4, -0.2) is 47.3 Å². The third-order valence-electron chi connectivity index (χ3n) is 2.48. The van der Waals surface area contributed by atoms with E-state index in [9.17, 15) is 9.90 Å². The van der Waals surface area contributed by atoms with Crippen LogP contribution in [-0.2, 0) is 9.53 Å². The number of aliphatic hydroxyl groups is 1. The zero-order chi connectivity index (χ0) is 10.8. The van der Waals surface area contributed by atoms with E-state index in [1.807, 2.05) is 6.92 Å². The highest BCUT2D eigenvalue weighted by Gasteiger charge is 2.34. The van der Waals surface area contributed by atoms with Crippen LogP contribution in [0.3, 0.4) is 0 Å². The summed E-state index contributed by atoms with van der Waals surface area (Å²) < 4.78 is 5.29. The zero-order valence-corrected chi connectivity index (χ0v) is 9.12. The minimum absolute atomic E-state index is 0.114. The highest BCUT2D eigenvalue weighted by molar-refractivity contribution is 5.84. The van der Waals surface area contributed by atoms with E-state index in [2.05, 4.69) is 0 Å². The first-order valence-electron chi connectivity index (χ1n) is 5.08. The van der Waals surface area contributed by atoms with Crippen molar-refractivity contribution in [1.29, 1.82) is 0 Å². The summed E-state index contributed by atoms with van der Waals surface area (Å²) in [5.41, 5.74) is -1.27. The van der Waals surface area contributed by atoms with E-state index >= 15 is 0 Å². The Kier molecular flexibility index (Phi) is 3.50. The molecule has 0 bridgehead atoms. The first-order valence-corrected chi connectivity index (χ1v) is 5.08. The van der Waals surface area contributed by atoms with Gasteiger partial charge in [0.15, 0.2) is 0 Å². The molecular formula is C10H19NO3. The molecule has 0 aromatic carbocycles. The van der Waals surface area contributed by atoms with Crippen molar-refractivity contribution < 1.29 is 14.6 Å². The average molecular weight is 201 g/mol. The molecule has 1 rings (SSSR count). The van der Waals surface area contributed by atoms with Crippen molar-refractivity contribution in [3.8, 4) is 0 Å². The minimum Gasteiger partial charge on any atom is -0.381 e. The molecule has 82 valence electrons. The lowest BCUT2D eigenvalue weighted by Gasteiger charge is -2.38. The van der Waals surface area contributed by atoms with Crippen LogP contribution in [0.15, 0.2) is 0 Å². The van der Waals surface area contributed by atoms with Gasteiger partial charge in [-0.15, -0.1) is 0 Å². The van der Waals surface area contributed by atoms with Crippen LogP contribution in [0.1, 0.15) is 27.2 Å². The quantitative estimate of drug-likeness (QED) is 0.703. The van der Waals surface area contributed by atoms with Crippen molar-refractivity contribution in [2.45, 2.75) is 38.8 Å². The minimum atomic E-state index is -1.27. The predicted octanol–water partition coefficient (Wildman–Crippen LogP) is 0.395. The molecule has 4 heteroatoms. The second kappa shape index (κ2) is 4.28. The fraction of sp³-hybridized carbons (Fsp3) is 0.900. The summed E-state index contributed by atoms with van der Waals surface area (Å²) in [5.74, 6) is -0.201. The highest BCUT2D eigenvalue weighted by Crippen LogP contribution is 2.15. The van der Waals surface area contributed by atoms with E-state index < -0.39 is 5.60 Å². The normalized spacial score (nSPS) is 23.7. The number of amides is 1. The average Bonchev–Trinajstić information content (AvgIpc) is 2.15. The summed E-state index contributed by atoms with van der Waals surface area (Å²) in [6, 6.07) is 0.114. The Morgan fingerprint density at radius 1 is 1.64 bits per heavy atom. The lowest BCUT2D eigenvalue weighted by molar-refractivity contribution is -0.156. The SMILES string of the molecule is CCC1COCCN1C(=O)C(C)(C)O. The summed E-state index contributed by atoms with van der Waals surface area (Å²) in [4.78, 5) is 13.5. The van der Waals surface area contributed by atoms with E-state index in [4.69, 9.17) is 4.74 Å². The molecule has 1 heterocycles. The predicted molar refractivity (Wildman–Crippen MR) is 52.9 cm³/mol. The number of rotatable bonds is 2. The van der Waals surface area contributed by atoms with Gasteiger partial charge in [-0.3, -0.25) is 4.79 Å². The maximum Gasteiger partial charge on any atom is 0.254 e. The fourth-order valence-electron chi connectivity index (χ4n) is 1.61. The first kappa shape index (κ1) is 11.5. The number of ether oxygens (including phenoxy) is 1. The Morgan fingerprint density at radius 3 is 2.79 bits per heavy atom. The molecule has 0 spiro atoms. The highest BCUT2D eigenvalue weighted by atomic mass is 16.5. The summed E-state index contributed by atoms with van der Waals surface area (Å²) in [6.45, 7) is 6.80. The molecule has 14 heavy (non-hydrogen) atoms. The fourth-order valence-corrected chi connectivity index (χ4v) is 1.61. The summed E-state index contributed by atoms with van der Waals surface area (Å²) >= 11 is 0. The molecule has 1 unspecified atom stereocenters. The van der Waals surface area contributed by atoms with Crippen molar-refractivity contribution in [3.05, 3.63) is 0 Å². The molecule has 0 saturated carbocycles. The molecule has 0 radical (unpaired) electrons. The van der Waals surface area contributed by atoms with Gasteiger partial charge in [-0.2, -0.15) is 0 Å². The third-order valence-corrected chi connectivity index (χ3v) is 2.48. The Bertz CT molecular complexity index is 210. The van der Waals surface area contributed by atoms with Crippen molar-refractivity contribution in [2.75, 3.05) is 19.8 Å². The zero-order valence-electron chi connectivity index (χ0n) is 9.12. The topological polar surface area (TPSA) is 49.8 Å². The smallest absolute Gasteiger partial charge is 0.254 e. The molecular weight excluding hydrogens is 182 g/mol. The van der Waals surface area contributed by atoms with Gasteiger partial charge in [-0.05, 0) is 20.3 Å². The van der Waals surface area contributed by atoms with Gasteiger partial charge in [0.25, 0.3) is 5.91 Å². The first-order chi connectivity index (χ1) is 6.46. The summed E-state index contributed by atoms with van der Waals surface area (Å²) in [6.07, 6.45) is 0.863. The van der Waals surface area contributed by atoms with Gasteiger partial charge in [-0.25, -0.2) is 0 Å². The van der Waals surface area contributed by atoms with E-state index in [-0.39, 0.29) is 11.9 Å². The second-order valence-electron chi connectivity index (χ2n) is 4.19. The van der Waals surface area contributed by atoms with Gasteiger partial charge in [0.05, 0.1) is 19.3 Å². The van der Waals surface area contributed by atoms with Gasteiger partial charge in [-0.1, -0.05) is 6.92 Å². The Balaban J connectivity index is 2.69. The van der Waals surface area contributed by atoms with Crippen molar-refractivity contribution in [2.24, 2.45) is 0 Å². The molecule has 1 N–H and O–H groups in total. The Labute approximate surface area is 84.8 Å². The summed E-state index contributed by atoms with van der Waals surface area (Å²) in [5, 5.41) is 9.62. The molecule has 1 saturated heterocycles. The van der Waals surface area contributed by atoms with Crippen LogP contribution >= 0.6 is 0 Å². The molecule has 0 aromatic rings. The molecule has 1 fully saturated rings. The van der Waals surface area contributed by atoms with E-state index in [0.29, 0.717) is 19.8 Å². The largest absolute Gasteiger partial charge is 0.381 e. The molecule has 0 aromatic heterocycles. The maximum atomic E-state index is 11.8. The lowest BCUT2D eigenvalue weighted by Crippen LogP contribution is -2.54. The molecule has 4 nitrogen and oxygen atoms in total.